The largest absolute Gasteiger partial charge is 1.00 e. The Balaban J connectivity index is 0.00000216. The van der Waals surface area contributed by atoms with Crippen molar-refractivity contribution >= 4 is 72.1 Å². The van der Waals surface area contributed by atoms with E-state index in [1.54, 1.807) is 10.8 Å². The number of aliphatic hydroxyl groups excluding tert-OH is 2. The van der Waals surface area contributed by atoms with Crippen LogP contribution in [-0.2, 0) is 67.6 Å². The molecule has 0 aromatic carbocycles. The Morgan fingerprint density at radius 1 is 0.920 bits per heavy atom. The smallest absolute Gasteiger partial charge is 0.660 e. The summed E-state index contributed by atoms with van der Waals surface area (Å²) in [5.41, 5.74) is 6.34. The zero-order valence-corrected chi connectivity index (χ0v) is 33.8. The second kappa shape index (κ2) is 14.9. The number of rotatable bonds is 2. The minimum Gasteiger partial charge on any atom is -0.660 e. The number of aliphatic hydroxyl groups is 2. The predicted octanol–water partition coefficient (Wildman–Crippen LogP) is -5.84. The summed E-state index contributed by atoms with van der Waals surface area (Å²) in [6, 6.07) is 0. The maximum absolute atomic E-state index is 13.6. The van der Waals surface area contributed by atoms with Gasteiger partial charge in [0.05, 0.1) is 24.9 Å². The number of fused-ring (bicyclic) bond motifs is 4. The van der Waals surface area contributed by atoms with Crippen LogP contribution in [0.5, 0.6) is 0 Å². The molecule has 4 aliphatic rings. The van der Waals surface area contributed by atoms with Gasteiger partial charge < -0.3 is 77.9 Å². The van der Waals surface area contributed by atoms with Crippen molar-refractivity contribution in [3.8, 4) is 0 Å². The molecular weight excluding hydrogens is 762 g/mol. The normalized spacial score (nSPS) is 35.8. The van der Waals surface area contributed by atoms with E-state index in [1.807, 2.05) is 0 Å². The summed E-state index contributed by atoms with van der Waals surface area (Å²) in [4.78, 5) is 31.6. The molecule has 2 unspecified atom stereocenters. The van der Waals surface area contributed by atoms with Crippen LogP contribution in [0.15, 0.2) is 23.6 Å². The fraction of sp³-hybridized carbons (Fsp3) is 0.542. The van der Waals surface area contributed by atoms with E-state index in [2.05, 4.69) is 30.2 Å². The number of anilines is 2. The summed E-state index contributed by atoms with van der Waals surface area (Å²) in [5.74, 6) is 0.415. The third kappa shape index (κ3) is 7.16. The van der Waals surface area contributed by atoms with E-state index in [0.29, 0.717) is 17.9 Å². The number of hydrogen-bond donors (Lipinski definition) is 5. The molecule has 258 valence electrons. The van der Waals surface area contributed by atoms with Crippen molar-refractivity contribution in [3.63, 3.8) is 0 Å². The molecule has 4 aliphatic heterocycles. The maximum atomic E-state index is 13.6. The molecule has 10 atom stereocenters. The van der Waals surface area contributed by atoms with Gasteiger partial charge in [0.2, 0.25) is 12.7 Å². The van der Waals surface area contributed by atoms with Crippen molar-refractivity contribution in [1.29, 1.82) is 0 Å². The number of H-pyrrole nitrogens is 1. The Morgan fingerprint density at radius 2 is 1.62 bits per heavy atom. The van der Waals surface area contributed by atoms with Crippen molar-refractivity contribution in [3.05, 3.63) is 34.8 Å². The third-order valence-electron chi connectivity index (χ3n) is 8.52. The number of imidazole rings is 1. The standard InChI is InChI=1S/C24H29N9O11P2S2.2Na/c25-24-30-20-13(21(36)31-24)29-8-33(20)23-17-14(34)10(41-23)5-39-45(37,47)43-16-11(6-40-46(38,48)44-17)42-22(15(16)35)32-4-9-2-1-3-26-18-12(9)19(32)28-7-27-18;;/h4,7-8,10-11,14-17,22-23,34-35H,1-3,5-6H2,(H,37,47)(H,38,48)(H,26,27,28)(H3,25,30,31,36);;/q;2*+1/p-2/t10-,11-,14-,15-,16-,17-,22-,23-,45?,46?;;/m1../s1. The zero-order valence-electron chi connectivity index (χ0n) is 26.4. The topological polar surface area (TPSA) is 262 Å². The molecule has 8 heterocycles. The van der Waals surface area contributed by atoms with Gasteiger partial charge in [0.25, 0.3) is 5.56 Å². The molecule has 50 heavy (non-hydrogen) atoms. The van der Waals surface area contributed by atoms with Gasteiger partial charge in [-0.1, -0.05) is 0 Å². The summed E-state index contributed by atoms with van der Waals surface area (Å²) >= 11 is 10.4. The molecule has 20 nitrogen and oxygen atoms in total. The number of aromatic nitrogens is 7. The fourth-order valence-corrected chi connectivity index (χ4v) is 9.22. The van der Waals surface area contributed by atoms with Gasteiger partial charge in [-0.15, -0.1) is 0 Å². The monoisotopic (exact) mass is 789 g/mol. The van der Waals surface area contributed by atoms with E-state index in [9.17, 15) is 24.1 Å². The quantitative estimate of drug-likeness (QED) is 0.0720. The molecule has 0 radical (unpaired) electrons. The first kappa shape index (κ1) is 39.1. The van der Waals surface area contributed by atoms with Crippen LogP contribution >= 0.6 is 13.6 Å². The number of nitrogen functional groups attached to an aromatic ring is 1. The van der Waals surface area contributed by atoms with Crippen molar-refractivity contribution in [2.24, 2.45) is 0 Å². The van der Waals surface area contributed by atoms with Crippen LogP contribution in [0, 0.1) is 0 Å². The molecule has 8 rings (SSSR count). The van der Waals surface area contributed by atoms with Crippen molar-refractivity contribution in [1.82, 2.24) is 34.1 Å². The van der Waals surface area contributed by atoms with E-state index < -0.39 is 81.4 Å². The Hall–Kier alpha value is -0.590. The van der Waals surface area contributed by atoms with Gasteiger partial charge in [0.15, 0.2) is 30.4 Å². The summed E-state index contributed by atoms with van der Waals surface area (Å²) in [6.07, 6.45) is -5.12. The van der Waals surface area contributed by atoms with Crippen molar-refractivity contribution in [2.45, 2.75) is 61.9 Å². The van der Waals surface area contributed by atoms with E-state index >= 15 is 0 Å². The first-order valence-corrected chi connectivity index (χ1v) is 19.8. The van der Waals surface area contributed by atoms with E-state index in [0.717, 1.165) is 23.9 Å². The van der Waals surface area contributed by atoms with Crippen LogP contribution in [0.4, 0.5) is 11.8 Å². The Labute approximate surface area is 336 Å². The van der Waals surface area contributed by atoms with Crippen molar-refractivity contribution in [2.75, 3.05) is 30.8 Å². The van der Waals surface area contributed by atoms with Crippen LogP contribution in [0.2, 0.25) is 0 Å². The summed E-state index contributed by atoms with van der Waals surface area (Å²) < 4.78 is 64.5. The van der Waals surface area contributed by atoms with Crippen LogP contribution in [-0.4, -0.2) is 101 Å². The molecule has 4 aromatic rings. The minimum absolute atomic E-state index is 0. The Morgan fingerprint density at radius 3 is 2.38 bits per heavy atom. The number of aromatic amines is 1. The van der Waals surface area contributed by atoms with Crippen molar-refractivity contribution < 1.29 is 106 Å². The van der Waals surface area contributed by atoms with E-state index in [1.165, 1.54) is 17.2 Å². The predicted molar refractivity (Wildman–Crippen MR) is 168 cm³/mol. The molecule has 26 heteroatoms. The van der Waals surface area contributed by atoms with Crippen LogP contribution < -0.4 is 75.7 Å². The summed E-state index contributed by atoms with van der Waals surface area (Å²) in [7, 11) is 0. The Bertz CT molecular complexity index is 2080. The molecule has 3 saturated heterocycles. The molecule has 6 N–H and O–H groups in total. The van der Waals surface area contributed by atoms with Crippen LogP contribution in [0.1, 0.15) is 24.4 Å². The van der Waals surface area contributed by atoms with Gasteiger partial charge in [0, 0.05) is 12.7 Å². The molecule has 0 aliphatic carbocycles. The van der Waals surface area contributed by atoms with Gasteiger partial charge in [-0.25, -0.2) is 15.0 Å². The molecule has 0 saturated carbocycles. The van der Waals surface area contributed by atoms with Crippen LogP contribution in [0.25, 0.3) is 22.2 Å². The molecule has 2 bridgehead atoms. The maximum Gasteiger partial charge on any atom is 1.00 e. The number of ether oxygens (including phenoxy) is 2. The molecule has 4 aromatic heterocycles. The second-order valence-corrected chi connectivity index (χ2v) is 16.9. The SMILES string of the molecule is Nc1nc2c(ncn2[C@@H]2O[C@@H]3COP(=O)([S-])O[C@H]4[C@@H](O)[C@H](n5cc6c7c(ncnc75)NCCC6)O[C@@H]4COP(=O)([S-])O[C@@H]2[C@@H]3O)c(=O)[nH]1.[Na+].[Na+]. The number of aryl methyl sites for hydroxylation is 1. The van der Waals surface area contributed by atoms with Gasteiger partial charge in [-0.3, -0.25) is 23.5 Å². The average molecular weight is 790 g/mol. The molecule has 0 spiro atoms. The van der Waals surface area contributed by atoms with Gasteiger partial charge >= 0.3 is 59.1 Å². The minimum atomic E-state index is -4.48. The average Bonchev–Trinajstić information content (AvgIpc) is 3.73. The summed E-state index contributed by atoms with van der Waals surface area (Å²) in [6.45, 7) is -9.37. The van der Waals surface area contributed by atoms with Crippen LogP contribution in [0.3, 0.4) is 0 Å². The Kier molecular flexibility index (Phi) is 11.7. The first-order chi connectivity index (χ1) is 22.9. The van der Waals surface area contributed by atoms with E-state index in [-0.39, 0.29) is 76.2 Å². The number of nitrogens with one attached hydrogen (secondary N) is 2. The number of nitrogens with zero attached hydrogens (tertiary/aromatic N) is 6. The summed E-state index contributed by atoms with van der Waals surface area (Å²) in [5, 5.41) is 26.7. The van der Waals surface area contributed by atoms with Gasteiger partial charge in [-0.05, 0) is 18.4 Å². The second-order valence-electron chi connectivity index (χ2n) is 11.5. The van der Waals surface area contributed by atoms with E-state index in [4.69, 9.17) is 57.8 Å². The van der Waals surface area contributed by atoms with Gasteiger partial charge in [-0.2, -0.15) is 4.98 Å². The molecule has 3 fully saturated rings. The zero-order chi connectivity index (χ0) is 33.5. The fourth-order valence-electron chi connectivity index (χ4n) is 6.39. The number of hydrogen-bond acceptors (Lipinski definition) is 19. The molecule has 0 amide bonds. The van der Waals surface area contributed by atoms with Gasteiger partial charge in [0.1, 0.15) is 54.4 Å². The number of nitrogens with two attached hydrogens (primary N) is 1. The first-order valence-electron chi connectivity index (χ1n) is 14.6. The molecular formula is C24H27N9Na2O11P2S2. The third-order valence-corrected chi connectivity index (χ3v) is 11.6.